The lowest BCUT2D eigenvalue weighted by Crippen LogP contribution is -2.17. The lowest BCUT2D eigenvalue weighted by molar-refractivity contribution is 0.305. The van der Waals surface area contributed by atoms with Crippen molar-refractivity contribution in [2.75, 3.05) is 25.1 Å². The highest BCUT2D eigenvalue weighted by atomic mass is 19.1. The predicted octanol–water partition coefficient (Wildman–Crippen LogP) is 3.17. The lowest BCUT2D eigenvalue weighted by Gasteiger charge is -2.20. The van der Waals surface area contributed by atoms with Gasteiger partial charge in [-0.1, -0.05) is 19.9 Å². The number of halogens is 1. The highest BCUT2D eigenvalue weighted by molar-refractivity contribution is 5.61. The van der Waals surface area contributed by atoms with Crippen LogP contribution in [0.4, 0.5) is 10.1 Å². The highest BCUT2D eigenvalue weighted by Gasteiger charge is 2.20. The van der Waals surface area contributed by atoms with Gasteiger partial charge >= 0.3 is 0 Å². The molecule has 0 unspecified atom stereocenters. The zero-order chi connectivity index (χ0) is 11.7. The van der Waals surface area contributed by atoms with E-state index in [2.05, 4.69) is 4.90 Å². The van der Waals surface area contributed by atoms with Gasteiger partial charge in [-0.25, -0.2) is 4.39 Å². The molecule has 0 aromatic heterocycles. The summed E-state index contributed by atoms with van der Waals surface area (Å²) >= 11 is 0. The molecular formula is C13H18FNO. The summed E-state index contributed by atoms with van der Waals surface area (Å²) in [5.41, 5.74) is 1.59. The topological polar surface area (TPSA) is 12.5 Å². The molecule has 1 aromatic carbocycles. The molecule has 0 spiro atoms. The molecule has 0 aliphatic carbocycles. The molecular weight excluding hydrogens is 205 g/mol. The van der Waals surface area contributed by atoms with E-state index < -0.39 is 0 Å². The van der Waals surface area contributed by atoms with E-state index >= 15 is 0 Å². The summed E-state index contributed by atoms with van der Waals surface area (Å²) in [6.45, 7) is 5.49. The van der Waals surface area contributed by atoms with Gasteiger partial charge in [0.25, 0.3) is 0 Å². The maximum absolute atomic E-state index is 14.2. The molecule has 1 aromatic rings. The average Bonchev–Trinajstić information content (AvgIpc) is 2.42. The second-order valence-corrected chi connectivity index (χ2v) is 4.60. The molecule has 1 aliphatic heterocycles. The van der Waals surface area contributed by atoms with Crippen molar-refractivity contribution in [2.45, 2.75) is 26.2 Å². The third-order valence-corrected chi connectivity index (χ3v) is 3.02. The fourth-order valence-electron chi connectivity index (χ4n) is 2.04. The molecule has 1 heterocycles. The quantitative estimate of drug-likeness (QED) is 0.725. The first-order valence-corrected chi connectivity index (χ1v) is 5.77. The van der Waals surface area contributed by atoms with Crippen molar-refractivity contribution in [3.63, 3.8) is 0 Å². The van der Waals surface area contributed by atoms with Crippen molar-refractivity contribution in [3.05, 3.63) is 23.5 Å². The van der Waals surface area contributed by atoms with E-state index in [0.717, 1.165) is 24.2 Å². The van der Waals surface area contributed by atoms with Gasteiger partial charge in [-0.05, 0) is 24.0 Å². The van der Waals surface area contributed by atoms with Gasteiger partial charge in [-0.2, -0.15) is 0 Å². The smallest absolute Gasteiger partial charge is 0.178 e. The summed E-state index contributed by atoms with van der Waals surface area (Å²) in [5.74, 6) is 0.412. The Morgan fingerprint density at radius 2 is 2.12 bits per heavy atom. The maximum Gasteiger partial charge on any atom is 0.178 e. The summed E-state index contributed by atoms with van der Waals surface area (Å²) in [7, 11) is 1.97. The molecule has 0 radical (unpaired) electrons. The van der Waals surface area contributed by atoms with Crippen molar-refractivity contribution in [3.8, 4) is 5.75 Å². The lowest BCUT2D eigenvalue weighted by atomic mass is 10.0. The first-order valence-electron chi connectivity index (χ1n) is 5.77. The van der Waals surface area contributed by atoms with Crippen LogP contribution in [0.3, 0.4) is 0 Å². The molecule has 0 saturated heterocycles. The number of benzene rings is 1. The zero-order valence-corrected chi connectivity index (χ0v) is 10.1. The van der Waals surface area contributed by atoms with Crippen LogP contribution in [0.15, 0.2) is 12.1 Å². The summed E-state index contributed by atoms with van der Waals surface area (Å²) in [6, 6.07) is 3.82. The summed E-state index contributed by atoms with van der Waals surface area (Å²) in [4.78, 5) is 2.05. The molecule has 2 nitrogen and oxygen atoms in total. The Hall–Kier alpha value is -1.25. The zero-order valence-electron chi connectivity index (χ0n) is 10.1. The van der Waals surface area contributed by atoms with Gasteiger partial charge in [-0.3, -0.25) is 0 Å². The molecule has 88 valence electrons. The third-order valence-electron chi connectivity index (χ3n) is 3.02. The van der Waals surface area contributed by atoms with Gasteiger partial charge in [0.05, 0.1) is 12.3 Å². The SMILES string of the molecule is CC(C)c1ccc2c(c1F)OCCCN2C. The second kappa shape index (κ2) is 4.32. The van der Waals surface area contributed by atoms with Crippen LogP contribution in [0.25, 0.3) is 0 Å². The number of rotatable bonds is 1. The minimum atomic E-state index is -0.193. The molecule has 2 rings (SSSR count). The number of anilines is 1. The number of nitrogens with zero attached hydrogens (tertiary/aromatic N) is 1. The van der Waals surface area contributed by atoms with Crippen LogP contribution in [0.1, 0.15) is 31.7 Å². The molecule has 0 saturated carbocycles. The highest BCUT2D eigenvalue weighted by Crippen LogP contribution is 2.36. The Bertz CT molecular complexity index is 390. The van der Waals surface area contributed by atoms with E-state index in [4.69, 9.17) is 4.74 Å². The molecule has 1 aliphatic rings. The van der Waals surface area contributed by atoms with Crippen LogP contribution in [0, 0.1) is 5.82 Å². The fraction of sp³-hybridized carbons (Fsp3) is 0.538. The molecule has 0 amide bonds. The first kappa shape index (κ1) is 11.2. The summed E-state index contributed by atoms with van der Waals surface area (Å²) in [5, 5.41) is 0. The van der Waals surface area contributed by atoms with Gasteiger partial charge < -0.3 is 9.64 Å². The largest absolute Gasteiger partial charge is 0.488 e. The maximum atomic E-state index is 14.2. The Morgan fingerprint density at radius 1 is 1.38 bits per heavy atom. The van der Waals surface area contributed by atoms with E-state index in [1.807, 2.05) is 33.0 Å². The average molecular weight is 223 g/mol. The number of ether oxygens (including phenoxy) is 1. The Morgan fingerprint density at radius 3 is 2.81 bits per heavy atom. The minimum absolute atomic E-state index is 0.183. The van der Waals surface area contributed by atoms with E-state index in [1.165, 1.54) is 0 Å². The molecule has 0 fully saturated rings. The second-order valence-electron chi connectivity index (χ2n) is 4.60. The standard InChI is InChI=1S/C13H18FNO/c1-9(2)10-5-6-11-13(12(10)14)16-8-4-7-15(11)3/h5-6,9H,4,7-8H2,1-3H3. The first-order chi connectivity index (χ1) is 7.61. The van der Waals surface area contributed by atoms with Crippen molar-refractivity contribution < 1.29 is 9.13 Å². The number of hydrogen-bond acceptors (Lipinski definition) is 2. The van der Waals surface area contributed by atoms with E-state index in [1.54, 1.807) is 0 Å². The monoisotopic (exact) mass is 223 g/mol. The van der Waals surface area contributed by atoms with E-state index in [-0.39, 0.29) is 11.7 Å². The number of hydrogen-bond donors (Lipinski definition) is 0. The van der Waals surface area contributed by atoms with Crippen LogP contribution in [0.2, 0.25) is 0 Å². The van der Waals surface area contributed by atoms with Crippen LogP contribution in [0.5, 0.6) is 5.75 Å². The number of fused-ring (bicyclic) bond motifs is 1. The van der Waals surface area contributed by atoms with Crippen molar-refractivity contribution in [1.82, 2.24) is 0 Å². The van der Waals surface area contributed by atoms with Crippen LogP contribution in [-0.4, -0.2) is 20.2 Å². The molecule has 3 heteroatoms. The van der Waals surface area contributed by atoms with Gasteiger partial charge in [0, 0.05) is 13.6 Å². The summed E-state index contributed by atoms with van der Waals surface area (Å²) < 4.78 is 19.7. The predicted molar refractivity (Wildman–Crippen MR) is 63.9 cm³/mol. The van der Waals surface area contributed by atoms with Gasteiger partial charge in [0.2, 0.25) is 0 Å². The third kappa shape index (κ3) is 1.86. The van der Waals surface area contributed by atoms with E-state index in [0.29, 0.717) is 12.4 Å². The molecule has 16 heavy (non-hydrogen) atoms. The molecule has 0 bridgehead atoms. The van der Waals surface area contributed by atoms with Gasteiger partial charge in [0.15, 0.2) is 11.6 Å². The van der Waals surface area contributed by atoms with Crippen molar-refractivity contribution in [1.29, 1.82) is 0 Å². The fourth-order valence-corrected chi connectivity index (χ4v) is 2.04. The molecule has 0 N–H and O–H groups in total. The normalized spacial score (nSPS) is 15.7. The van der Waals surface area contributed by atoms with Crippen LogP contribution < -0.4 is 9.64 Å². The minimum Gasteiger partial charge on any atom is -0.488 e. The van der Waals surface area contributed by atoms with E-state index in [9.17, 15) is 4.39 Å². The Labute approximate surface area is 96.0 Å². The van der Waals surface area contributed by atoms with Crippen molar-refractivity contribution in [2.24, 2.45) is 0 Å². The van der Waals surface area contributed by atoms with Gasteiger partial charge in [0.1, 0.15) is 0 Å². The van der Waals surface area contributed by atoms with Crippen LogP contribution in [-0.2, 0) is 0 Å². The van der Waals surface area contributed by atoms with Crippen LogP contribution >= 0.6 is 0 Å². The Kier molecular flexibility index (Phi) is 3.03. The van der Waals surface area contributed by atoms with Gasteiger partial charge in [-0.15, -0.1) is 0 Å². The molecule has 0 atom stereocenters. The summed E-state index contributed by atoms with van der Waals surface area (Å²) in [6.07, 6.45) is 0.932. The Balaban J connectivity index is 2.51. The van der Waals surface area contributed by atoms with Crippen molar-refractivity contribution >= 4 is 5.69 Å².